The van der Waals surface area contributed by atoms with E-state index in [1.807, 2.05) is 23.9 Å². The van der Waals surface area contributed by atoms with Crippen LogP contribution in [-0.2, 0) is 9.59 Å². The summed E-state index contributed by atoms with van der Waals surface area (Å²) in [7, 11) is 0. The molecule has 0 bridgehead atoms. The Hall–Kier alpha value is -1.47. The molecular formula is C12H17N3O3S. The predicted octanol–water partition coefficient (Wildman–Crippen LogP) is -0.0290. The first-order chi connectivity index (χ1) is 9.18. The van der Waals surface area contributed by atoms with E-state index in [2.05, 4.69) is 10.2 Å². The highest BCUT2D eigenvalue weighted by molar-refractivity contribution is 7.99. The summed E-state index contributed by atoms with van der Waals surface area (Å²) in [5.74, 6) is 1.18. The fraction of sp³-hybridized carbons (Fsp3) is 0.500. The molecule has 0 aromatic carbocycles. The maximum Gasteiger partial charge on any atom is 0.309 e. The number of amides is 2. The standard InChI is InChI=1S/C12H17N3O3S/c13-11(16)12(17)14-8-9(10-2-1-5-18-10)15-3-6-19-7-4-15/h1-2,5,9H,3-4,6-8H2,(H2,13,16)(H,14,17)/t9-/m1/s1. The van der Waals surface area contributed by atoms with E-state index in [0.29, 0.717) is 6.54 Å². The third-order valence-corrected chi connectivity index (χ3v) is 3.98. The third-order valence-electron chi connectivity index (χ3n) is 3.04. The number of furan rings is 1. The molecule has 19 heavy (non-hydrogen) atoms. The molecule has 2 rings (SSSR count). The number of thioether (sulfide) groups is 1. The molecule has 3 N–H and O–H groups in total. The lowest BCUT2D eigenvalue weighted by molar-refractivity contribution is -0.137. The van der Waals surface area contributed by atoms with Crippen LogP contribution in [0.4, 0.5) is 0 Å². The van der Waals surface area contributed by atoms with Gasteiger partial charge in [0.1, 0.15) is 5.76 Å². The van der Waals surface area contributed by atoms with Crippen LogP contribution in [0.5, 0.6) is 0 Å². The van der Waals surface area contributed by atoms with Crippen LogP contribution in [-0.4, -0.2) is 47.9 Å². The second kappa shape index (κ2) is 6.63. The number of rotatable bonds is 4. The Bertz CT molecular complexity index is 429. The lowest BCUT2D eigenvalue weighted by Gasteiger charge is -2.33. The van der Waals surface area contributed by atoms with Crippen molar-refractivity contribution in [2.45, 2.75) is 6.04 Å². The van der Waals surface area contributed by atoms with Gasteiger partial charge >= 0.3 is 11.8 Å². The second-order valence-electron chi connectivity index (χ2n) is 4.25. The van der Waals surface area contributed by atoms with Crippen molar-refractivity contribution < 1.29 is 14.0 Å². The van der Waals surface area contributed by atoms with Crippen LogP contribution in [0.3, 0.4) is 0 Å². The lowest BCUT2D eigenvalue weighted by Crippen LogP contribution is -2.44. The van der Waals surface area contributed by atoms with Gasteiger partial charge in [0, 0.05) is 31.1 Å². The molecule has 1 atom stereocenters. The molecule has 1 aromatic rings. The molecule has 1 aliphatic heterocycles. The minimum atomic E-state index is -0.965. The second-order valence-corrected chi connectivity index (χ2v) is 5.48. The van der Waals surface area contributed by atoms with Crippen molar-refractivity contribution in [3.63, 3.8) is 0 Å². The maximum absolute atomic E-state index is 11.3. The van der Waals surface area contributed by atoms with Crippen molar-refractivity contribution in [3.8, 4) is 0 Å². The Kier molecular flexibility index (Phi) is 4.86. The molecule has 104 valence electrons. The van der Waals surface area contributed by atoms with Gasteiger partial charge in [-0.2, -0.15) is 11.8 Å². The summed E-state index contributed by atoms with van der Waals surface area (Å²) >= 11 is 1.91. The number of carbonyl (C=O) groups is 2. The topological polar surface area (TPSA) is 88.6 Å². The van der Waals surface area contributed by atoms with Crippen molar-refractivity contribution in [1.82, 2.24) is 10.2 Å². The molecular weight excluding hydrogens is 266 g/mol. The zero-order valence-corrected chi connectivity index (χ0v) is 11.3. The molecule has 0 aliphatic carbocycles. The van der Waals surface area contributed by atoms with E-state index in [-0.39, 0.29) is 6.04 Å². The zero-order valence-electron chi connectivity index (χ0n) is 10.5. The summed E-state index contributed by atoms with van der Waals surface area (Å²) in [6, 6.07) is 3.64. The van der Waals surface area contributed by atoms with Gasteiger partial charge < -0.3 is 15.5 Å². The van der Waals surface area contributed by atoms with Gasteiger partial charge in [-0.3, -0.25) is 14.5 Å². The van der Waals surface area contributed by atoms with Crippen molar-refractivity contribution in [1.29, 1.82) is 0 Å². The number of carbonyl (C=O) groups excluding carboxylic acids is 2. The highest BCUT2D eigenvalue weighted by Gasteiger charge is 2.25. The molecule has 1 saturated heterocycles. The molecule has 0 radical (unpaired) electrons. The van der Waals surface area contributed by atoms with Crippen LogP contribution in [0.1, 0.15) is 11.8 Å². The summed E-state index contributed by atoms with van der Waals surface area (Å²) in [4.78, 5) is 24.3. The number of nitrogens with one attached hydrogen (secondary N) is 1. The monoisotopic (exact) mass is 283 g/mol. The Labute approximate surface area is 115 Å². The zero-order chi connectivity index (χ0) is 13.7. The summed E-state index contributed by atoms with van der Waals surface area (Å²) < 4.78 is 5.43. The number of nitrogens with zero attached hydrogens (tertiary/aromatic N) is 1. The molecule has 0 spiro atoms. The van der Waals surface area contributed by atoms with E-state index in [1.165, 1.54) is 0 Å². The fourth-order valence-electron chi connectivity index (χ4n) is 2.06. The van der Waals surface area contributed by atoms with Crippen molar-refractivity contribution in [2.24, 2.45) is 5.73 Å². The fourth-order valence-corrected chi connectivity index (χ4v) is 2.99. The van der Waals surface area contributed by atoms with Crippen molar-refractivity contribution in [2.75, 3.05) is 31.1 Å². The molecule has 2 heterocycles. The van der Waals surface area contributed by atoms with Crippen LogP contribution >= 0.6 is 11.8 Å². The van der Waals surface area contributed by atoms with Crippen LogP contribution < -0.4 is 11.1 Å². The minimum Gasteiger partial charge on any atom is -0.468 e. The van der Waals surface area contributed by atoms with Gasteiger partial charge in [-0.15, -0.1) is 0 Å². The maximum atomic E-state index is 11.3. The first kappa shape index (κ1) is 14.0. The Balaban J connectivity index is 2.02. The number of hydrogen-bond donors (Lipinski definition) is 2. The SMILES string of the molecule is NC(=O)C(=O)NC[C@H](c1ccco1)N1CCSCC1. The average Bonchev–Trinajstić information content (AvgIpc) is 2.94. The summed E-state index contributed by atoms with van der Waals surface area (Å²) in [6.07, 6.45) is 1.61. The van der Waals surface area contributed by atoms with Crippen LogP contribution in [0.15, 0.2) is 22.8 Å². The lowest BCUT2D eigenvalue weighted by atomic mass is 10.2. The van der Waals surface area contributed by atoms with E-state index in [4.69, 9.17) is 10.2 Å². The van der Waals surface area contributed by atoms with Gasteiger partial charge in [-0.05, 0) is 12.1 Å². The van der Waals surface area contributed by atoms with E-state index in [1.54, 1.807) is 6.26 Å². The van der Waals surface area contributed by atoms with Crippen LogP contribution in [0, 0.1) is 0 Å². The molecule has 2 amide bonds. The smallest absolute Gasteiger partial charge is 0.309 e. The molecule has 0 saturated carbocycles. The van der Waals surface area contributed by atoms with Gasteiger partial charge in [0.25, 0.3) is 0 Å². The number of hydrogen-bond acceptors (Lipinski definition) is 5. The van der Waals surface area contributed by atoms with Crippen molar-refractivity contribution in [3.05, 3.63) is 24.2 Å². The highest BCUT2D eigenvalue weighted by atomic mass is 32.2. The quantitative estimate of drug-likeness (QED) is 0.758. The molecule has 6 nitrogen and oxygen atoms in total. The highest BCUT2D eigenvalue weighted by Crippen LogP contribution is 2.23. The number of nitrogens with two attached hydrogens (primary N) is 1. The van der Waals surface area contributed by atoms with Gasteiger partial charge in [-0.1, -0.05) is 0 Å². The predicted molar refractivity (Wildman–Crippen MR) is 72.6 cm³/mol. The first-order valence-corrected chi connectivity index (χ1v) is 7.27. The van der Waals surface area contributed by atoms with Gasteiger partial charge in [0.2, 0.25) is 0 Å². The summed E-state index contributed by atoms with van der Waals surface area (Å²) in [5.41, 5.74) is 4.93. The summed E-state index contributed by atoms with van der Waals surface area (Å²) in [6.45, 7) is 2.19. The van der Waals surface area contributed by atoms with E-state index >= 15 is 0 Å². The van der Waals surface area contributed by atoms with Gasteiger partial charge in [0.15, 0.2) is 0 Å². The third kappa shape index (κ3) is 3.74. The largest absolute Gasteiger partial charge is 0.468 e. The molecule has 0 unspecified atom stereocenters. The summed E-state index contributed by atoms with van der Waals surface area (Å²) in [5, 5.41) is 2.55. The van der Waals surface area contributed by atoms with E-state index < -0.39 is 11.8 Å². The van der Waals surface area contributed by atoms with Crippen molar-refractivity contribution >= 4 is 23.6 Å². The normalized spacial score (nSPS) is 17.9. The Morgan fingerprint density at radius 2 is 2.21 bits per heavy atom. The van der Waals surface area contributed by atoms with Gasteiger partial charge in [0.05, 0.1) is 12.3 Å². The van der Waals surface area contributed by atoms with Gasteiger partial charge in [-0.25, -0.2) is 0 Å². The first-order valence-electron chi connectivity index (χ1n) is 6.11. The Morgan fingerprint density at radius 3 is 2.79 bits per heavy atom. The molecule has 7 heteroatoms. The van der Waals surface area contributed by atoms with E-state index in [0.717, 1.165) is 30.4 Å². The van der Waals surface area contributed by atoms with Crippen LogP contribution in [0.25, 0.3) is 0 Å². The molecule has 1 aromatic heterocycles. The van der Waals surface area contributed by atoms with E-state index in [9.17, 15) is 9.59 Å². The minimum absolute atomic E-state index is 0.0563. The van der Waals surface area contributed by atoms with Crippen LogP contribution in [0.2, 0.25) is 0 Å². The molecule has 1 aliphatic rings. The number of primary amides is 1. The molecule has 1 fully saturated rings. The average molecular weight is 283 g/mol. The Morgan fingerprint density at radius 1 is 1.47 bits per heavy atom.